The van der Waals surface area contributed by atoms with Crippen molar-refractivity contribution in [1.29, 1.82) is 0 Å². The van der Waals surface area contributed by atoms with E-state index < -0.39 is 5.60 Å². The van der Waals surface area contributed by atoms with Gasteiger partial charge in [-0.25, -0.2) is 9.07 Å². The molecule has 0 radical (unpaired) electrons. The fourth-order valence-corrected chi connectivity index (χ4v) is 6.53. The summed E-state index contributed by atoms with van der Waals surface area (Å²) in [6, 6.07) is 17.3. The van der Waals surface area contributed by atoms with Crippen LogP contribution in [0.3, 0.4) is 0 Å². The molecule has 4 aromatic rings. The molecule has 0 aliphatic heterocycles. The normalized spacial score (nSPS) is 26.6. The Morgan fingerprint density at radius 1 is 1.12 bits per heavy atom. The van der Waals surface area contributed by atoms with Gasteiger partial charge in [-0.15, -0.1) is 0 Å². The number of fused-ring (bicyclic) bond motifs is 4. The van der Waals surface area contributed by atoms with E-state index in [1.54, 1.807) is 12.1 Å². The molecule has 0 unspecified atom stereocenters. The van der Waals surface area contributed by atoms with Gasteiger partial charge in [0.25, 0.3) is 0 Å². The molecule has 2 aromatic heterocycles. The van der Waals surface area contributed by atoms with Gasteiger partial charge in [0.2, 0.25) is 0 Å². The average molecular weight is 456 g/mol. The first-order valence-corrected chi connectivity index (χ1v) is 12.3. The number of pyridine rings is 1. The van der Waals surface area contributed by atoms with Gasteiger partial charge in [0.1, 0.15) is 5.82 Å². The molecular formula is C29H30FN3O. The Balaban J connectivity index is 1.51. The lowest BCUT2D eigenvalue weighted by atomic mass is 9.56. The molecule has 6 rings (SSSR count). The number of aliphatic hydroxyl groups is 1. The molecule has 0 amide bonds. The van der Waals surface area contributed by atoms with Crippen LogP contribution in [0.5, 0.6) is 0 Å². The third-order valence-electron chi connectivity index (χ3n) is 8.20. The van der Waals surface area contributed by atoms with Gasteiger partial charge in [-0.2, -0.15) is 5.10 Å². The smallest absolute Gasteiger partial charge is 0.123 e. The summed E-state index contributed by atoms with van der Waals surface area (Å²) < 4.78 is 15.4. The van der Waals surface area contributed by atoms with Crippen LogP contribution in [0.1, 0.15) is 55.8 Å². The van der Waals surface area contributed by atoms with E-state index in [4.69, 9.17) is 4.98 Å². The van der Waals surface area contributed by atoms with Crippen LogP contribution < -0.4 is 0 Å². The molecule has 2 heterocycles. The zero-order valence-electron chi connectivity index (χ0n) is 19.5. The molecule has 2 aliphatic rings. The van der Waals surface area contributed by atoms with Gasteiger partial charge >= 0.3 is 0 Å². The molecule has 1 saturated carbocycles. The molecular weight excluding hydrogens is 425 g/mol. The molecule has 174 valence electrons. The molecule has 0 spiro atoms. The third-order valence-corrected chi connectivity index (χ3v) is 8.20. The fraction of sp³-hybridized carbons (Fsp3) is 0.379. The number of benzene rings is 2. The summed E-state index contributed by atoms with van der Waals surface area (Å²) in [5.74, 6) is 0.161. The van der Waals surface area contributed by atoms with Gasteiger partial charge in [0.15, 0.2) is 0 Å². The van der Waals surface area contributed by atoms with E-state index >= 15 is 0 Å². The summed E-state index contributed by atoms with van der Waals surface area (Å²) in [5, 5.41) is 16.8. The van der Waals surface area contributed by atoms with Crippen molar-refractivity contribution in [2.24, 2.45) is 5.92 Å². The molecule has 4 nitrogen and oxygen atoms in total. The standard InChI is InChI=1S/C29H30FN3O/c1-28(34)12-13-29(18-24-7-2-3-14-31-24)22(17-28)6-4-5-20-16-27-21(15-26(20)29)19-32-33(27)25-10-8-23(30)9-11-25/h2-3,7-11,14-16,19,22,34H,4-6,12-13,17-18H2,1H3/t22-,28-,29+/m1/s1. The first kappa shape index (κ1) is 21.5. The highest BCUT2D eigenvalue weighted by molar-refractivity contribution is 5.82. The number of aryl methyl sites for hydroxylation is 1. The SMILES string of the molecule is C[C@@]1(O)CC[C@@]2(Cc3ccccn3)c3cc4cnn(-c5ccc(F)cc5)c4cc3CCC[C@@H]2C1. The second-order valence-corrected chi connectivity index (χ2v) is 10.5. The average Bonchev–Trinajstić information content (AvgIpc) is 3.18. The number of hydrogen-bond donors (Lipinski definition) is 1. The molecule has 3 atom stereocenters. The largest absolute Gasteiger partial charge is 0.390 e. The lowest BCUT2D eigenvalue weighted by Gasteiger charge is -2.49. The predicted molar refractivity (Wildman–Crippen MR) is 132 cm³/mol. The highest BCUT2D eigenvalue weighted by atomic mass is 19.1. The molecule has 2 aliphatic carbocycles. The van der Waals surface area contributed by atoms with E-state index in [-0.39, 0.29) is 11.2 Å². The highest BCUT2D eigenvalue weighted by Gasteiger charge is 2.49. The monoisotopic (exact) mass is 455 g/mol. The van der Waals surface area contributed by atoms with Gasteiger partial charge in [-0.05, 0) is 117 Å². The molecule has 0 bridgehead atoms. The van der Waals surface area contributed by atoms with Crippen LogP contribution >= 0.6 is 0 Å². The number of hydrogen-bond acceptors (Lipinski definition) is 3. The van der Waals surface area contributed by atoms with E-state index in [0.29, 0.717) is 5.92 Å². The van der Waals surface area contributed by atoms with Crippen LogP contribution in [-0.4, -0.2) is 25.5 Å². The Hall–Kier alpha value is -3.05. The second kappa shape index (κ2) is 8.02. The molecule has 2 aromatic carbocycles. The zero-order valence-corrected chi connectivity index (χ0v) is 19.5. The first-order valence-electron chi connectivity index (χ1n) is 12.3. The minimum absolute atomic E-state index is 0.0470. The van der Waals surface area contributed by atoms with Gasteiger partial charge in [0.05, 0.1) is 23.0 Å². The molecule has 1 fully saturated rings. The predicted octanol–water partition coefficient (Wildman–Crippen LogP) is 5.93. The van der Waals surface area contributed by atoms with Crippen molar-refractivity contribution >= 4 is 10.9 Å². The van der Waals surface area contributed by atoms with Crippen molar-refractivity contribution in [3.8, 4) is 5.69 Å². The van der Waals surface area contributed by atoms with Crippen LogP contribution in [0.4, 0.5) is 4.39 Å². The van der Waals surface area contributed by atoms with Crippen LogP contribution in [0, 0.1) is 11.7 Å². The van der Waals surface area contributed by atoms with Crippen LogP contribution in [0.15, 0.2) is 67.0 Å². The zero-order chi connectivity index (χ0) is 23.3. The minimum atomic E-state index is -0.611. The summed E-state index contributed by atoms with van der Waals surface area (Å²) >= 11 is 0. The van der Waals surface area contributed by atoms with Gasteiger partial charge < -0.3 is 5.11 Å². The quantitative estimate of drug-likeness (QED) is 0.417. The molecule has 5 heteroatoms. The topological polar surface area (TPSA) is 50.9 Å². The van der Waals surface area contributed by atoms with E-state index in [1.807, 2.05) is 30.1 Å². The lowest BCUT2D eigenvalue weighted by Crippen LogP contribution is -2.48. The highest BCUT2D eigenvalue weighted by Crippen LogP contribution is 2.53. The van der Waals surface area contributed by atoms with Crippen molar-refractivity contribution in [2.75, 3.05) is 0 Å². The number of aromatic nitrogens is 3. The lowest BCUT2D eigenvalue weighted by molar-refractivity contribution is -0.0332. The molecule has 34 heavy (non-hydrogen) atoms. The summed E-state index contributed by atoms with van der Waals surface area (Å²) in [5.41, 5.74) is 5.15. The van der Waals surface area contributed by atoms with Gasteiger partial charge in [-0.1, -0.05) is 6.07 Å². The summed E-state index contributed by atoms with van der Waals surface area (Å²) in [4.78, 5) is 4.70. The Kier molecular flexibility index (Phi) is 5.07. The summed E-state index contributed by atoms with van der Waals surface area (Å²) in [7, 11) is 0. The van der Waals surface area contributed by atoms with E-state index in [9.17, 15) is 9.50 Å². The number of rotatable bonds is 3. The van der Waals surface area contributed by atoms with Crippen LogP contribution in [-0.2, 0) is 18.3 Å². The van der Waals surface area contributed by atoms with Gasteiger partial charge in [0, 0.05) is 22.7 Å². The Bertz CT molecular complexity index is 1330. The summed E-state index contributed by atoms with van der Waals surface area (Å²) in [6.07, 6.45) is 10.5. The first-order chi connectivity index (χ1) is 16.4. The maximum atomic E-state index is 13.5. The Labute approximate surface area is 199 Å². The maximum Gasteiger partial charge on any atom is 0.123 e. The maximum absolute atomic E-state index is 13.5. The van der Waals surface area contributed by atoms with Crippen molar-refractivity contribution in [1.82, 2.24) is 14.8 Å². The fourth-order valence-electron chi connectivity index (χ4n) is 6.53. The van der Waals surface area contributed by atoms with Crippen molar-refractivity contribution in [3.05, 3.63) is 89.6 Å². The second-order valence-electron chi connectivity index (χ2n) is 10.5. The number of halogens is 1. The van der Waals surface area contributed by atoms with Crippen molar-refractivity contribution in [2.45, 2.75) is 62.9 Å². The minimum Gasteiger partial charge on any atom is -0.390 e. The summed E-state index contributed by atoms with van der Waals surface area (Å²) in [6.45, 7) is 2.00. The van der Waals surface area contributed by atoms with Crippen LogP contribution in [0.2, 0.25) is 0 Å². The van der Waals surface area contributed by atoms with E-state index in [0.717, 1.165) is 67.2 Å². The van der Waals surface area contributed by atoms with Gasteiger partial charge in [-0.3, -0.25) is 4.98 Å². The molecule has 0 saturated heterocycles. The third kappa shape index (κ3) is 3.63. The Morgan fingerprint density at radius 2 is 1.97 bits per heavy atom. The Morgan fingerprint density at radius 3 is 2.76 bits per heavy atom. The number of nitrogens with zero attached hydrogens (tertiary/aromatic N) is 3. The van der Waals surface area contributed by atoms with Crippen molar-refractivity contribution < 1.29 is 9.50 Å². The molecule has 1 N–H and O–H groups in total. The van der Waals surface area contributed by atoms with E-state index in [2.05, 4.69) is 29.4 Å². The van der Waals surface area contributed by atoms with Crippen LogP contribution in [0.25, 0.3) is 16.6 Å². The van der Waals surface area contributed by atoms with Crippen molar-refractivity contribution in [3.63, 3.8) is 0 Å². The van der Waals surface area contributed by atoms with E-state index in [1.165, 1.54) is 23.3 Å².